The fourth-order valence-corrected chi connectivity index (χ4v) is 4.54. The highest BCUT2D eigenvalue weighted by Gasteiger charge is 2.23. The molecule has 0 aliphatic rings. The van der Waals surface area contributed by atoms with E-state index in [-0.39, 0.29) is 31.1 Å². The van der Waals surface area contributed by atoms with Gasteiger partial charge >= 0.3 is 5.97 Å². The van der Waals surface area contributed by atoms with Crippen LogP contribution in [0.1, 0.15) is 44.9 Å². The summed E-state index contributed by atoms with van der Waals surface area (Å²) in [5, 5.41) is 19.3. The van der Waals surface area contributed by atoms with Gasteiger partial charge in [0.05, 0.1) is 12.7 Å². The molecule has 4 rings (SSSR count). The predicted octanol–water partition coefficient (Wildman–Crippen LogP) is 3.18. The molecule has 4 N–H and O–H groups in total. The minimum Gasteiger partial charge on any atom is -0.465 e. The Morgan fingerprint density at radius 3 is 2.26 bits per heavy atom. The van der Waals surface area contributed by atoms with Crippen molar-refractivity contribution in [3.8, 4) is 0 Å². The second-order valence-corrected chi connectivity index (χ2v) is 10.0. The number of para-hydroxylation sites is 1. The Morgan fingerprint density at radius 1 is 0.837 bits per heavy atom. The summed E-state index contributed by atoms with van der Waals surface area (Å²) in [4.78, 5) is 50.2. The van der Waals surface area contributed by atoms with Crippen LogP contribution in [0, 0.1) is 0 Å². The maximum atomic E-state index is 13.1. The van der Waals surface area contributed by atoms with E-state index >= 15 is 0 Å². The number of carbonyl (C=O) groups excluding carboxylic acids is 4. The summed E-state index contributed by atoms with van der Waals surface area (Å²) in [5.74, 6) is -1.76. The van der Waals surface area contributed by atoms with Gasteiger partial charge in [-0.15, -0.1) is 0 Å². The molecule has 0 radical (unpaired) electrons. The number of nitrogens with one attached hydrogen (secondary N) is 3. The number of esters is 1. The van der Waals surface area contributed by atoms with E-state index in [9.17, 15) is 24.3 Å². The zero-order chi connectivity index (χ0) is 30.6. The van der Waals surface area contributed by atoms with Gasteiger partial charge in [0.25, 0.3) is 5.91 Å². The Hall–Kier alpha value is -4.96. The lowest BCUT2D eigenvalue weighted by atomic mass is 10.1. The second kappa shape index (κ2) is 15.3. The maximum Gasteiger partial charge on any atom is 0.337 e. The summed E-state index contributed by atoms with van der Waals surface area (Å²) in [7, 11) is 1.32. The SMILES string of the molecule is COC(=O)c1ccc(CCNC(=O)C(CCCNC(=O)C(O)Cc2ccccc2)NC(=O)c2cc3ccccc3o2)cc1. The molecule has 0 fully saturated rings. The Labute approximate surface area is 249 Å². The third-order valence-electron chi connectivity index (χ3n) is 6.90. The molecule has 10 nitrogen and oxygen atoms in total. The number of aliphatic hydroxyl groups excluding tert-OH is 1. The normalized spacial score (nSPS) is 12.2. The van der Waals surface area contributed by atoms with Crippen LogP contribution < -0.4 is 16.0 Å². The zero-order valence-electron chi connectivity index (χ0n) is 23.9. The van der Waals surface area contributed by atoms with Crippen molar-refractivity contribution in [1.29, 1.82) is 0 Å². The van der Waals surface area contributed by atoms with Gasteiger partial charge in [0, 0.05) is 24.9 Å². The molecule has 1 heterocycles. The van der Waals surface area contributed by atoms with Gasteiger partial charge < -0.3 is 30.2 Å². The molecule has 4 aromatic rings. The van der Waals surface area contributed by atoms with Gasteiger partial charge in [-0.05, 0) is 54.7 Å². The van der Waals surface area contributed by atoms with Crippen molar-refractivity contribution >= 4 is 34.7 Å². The first-order valence-corrected chi connectivity index (χ1v) is 14.1. The molecular weight excluding hydrogens is 550 g/mol. The number of methoxy groups -OCH3 is 1. The van der Waals surface area contributed by atoms with Crippen LogP contribution in [0.2, 0.25) is 0 Å². The van der Waals surface area contributed by atoms with Crippen LogP contribution in [0.25, 0.3) is 11.0 Å². The first-order valence-electron chi connectivity index (χ1n) is 14.1. The number of fused-ring (bicyclic) bond motifs is 1. The first-order chi connectivity index (χ1) is 20.8. The van der Waals surface area contributed by atoms with Crippen LogP contribution in [0.3, 0.4) is 0 Å². The van der Waals surface area contributed by atoms with Crippen molar-refractivity contribution in [3.63, 3.8) is 0 Å². The Morgan fingerprint density at radius 2 is 1.53 bits per heavy atom. The van der Waals surface area contributed by atoms with Gasteiger partial charge in [-0.2, -0.15) is 0 Å². The largest absolute Gasteiger partial charge is 0.465 e. The van der Waals surface area contributed by atoms with Crippen LogP contribution >= 0.6 is 0 Å². The molecule has 2 unspecified atom stereocenters. The fourth-order valence-electron chi connectivity index (χ4n) is 4.54. The molecule has 0 aliphatic carbocycles. The lowest BCUT2D eigenvalue weighted by Crippen LogP contribution is -2.47. The summed E-state index contributed by atoms with van der Waals surface area (Å²) in [5.41, 5.74) is 2.74. The topological polar surface area (TPSA) is 147 Å². The summed E-state index contributed by atoms with van der Waals surface area (Å²) in [6, 6.07) is 24.0. The molecule has 43 heavy (non-hydrogen) atoms. The molecule has 10 heteroatoms. The number of hydrogen-bond donors (Lipinski definition) is 4. The van der Waals surface area contributed by atoms with Crippen molar-refractivity contribution in [1.82, 2.24) is 16.0 Å². The van der Waals surface area contributed by atoms with Crippen molar-refractivity contribution in [2.45, 2.75) is 37.8 Å². The summed E-state index contributed by atoms with van der Waals surface area (Å²) in [6.07, 6.45) is 0.109. The molecule has 224 valence electrons. The van der Waals surface area contributed by atoms with E-state index in [1.165, 1.54) is 7.11 Å². The highest BCUT2D eigenvalue weighted by Crippen LogP contribution is 2.19. The van der Waals surface area contributed by atoms with Gasteiger partial charge in [0.15, 0.2) is 5.76 Å². The number of amides is 3. The fraction of sp³-hybridized carbons (Fsp3) is 0.273. The van der Waals surface area contributed by atoms with E-state index in [1.54, 1.807) is 42.5 Å². The minimum absolute atomic E-state index is 0.0852. The van der Waals surface area contributed by atoms with Crippen LogP contribution in [-0.2, 0) is 27.2 Å². The molecule has 0 bridgehead atoms. The predicted molar refractivity (Wildman–Crippen MR) is 160 cm³/mol. The molecule has 0 spiro atoms. The number of benzene rings is 3. The third-order valence-corrected chi connectivity index (χ3v) is 6.90. The third kappa shape index (κ3) is 9.01. The van der Waals surface area contributed by atoms with Gasteiger partial charge in [-0.1, -0.05) is 60.7 Å². The lowest BCUT2D eigenvalue weighted by Gasteiger charge is -2.18. The van der Waals surface area contributed by atoms with E-state index in [0.29, 0.717) is 30.5 Å². The van der Waals surface area contributed by atoms with E-state index in [4.69, 9.17) is 9.15 Å². The monoisotopic (exact) mass is 585 g/mol. The molecule has 3 amide bonds. The standard InChI is InChI=1S/C33H35N3O7/c1-42-33(41)24-15-13-22(14-16-24)17-19-35-30(38)26(36-32(40)29-21-25-10-5-6-12-28(25)43-29)11-7-18-34-31(39)27(37)20-23-8-3-2-4-9-23/h2-6,8-10,12-16,21,26-27,37H,7,11,17-20H2,1H3,(H,34,39)(H,35,38)(H,36,40). The van der Waals surface area contributed by atoms with Crippen molar-refractivity contribution in [2.75, 3.05) is 20.2 Å². The molecule has 2 atom stereocenters. The number of hydrogen-bond acceptors (Lipinski definition) is 7. The number of carbonyl (C=O) groups is 4. The van der Waals surface area contributed by atoms with Gasteiger partial charge in [-0.25, -0.2) is 4.79 Å². The smallest absolute Gasteiger partial charge is 0.337 e. The highest BCUT2D eigenvalue weighted by molar-refractivity contribution is 5.98. The van der Waals surface area contributed by atoms with Crippen LogP contribution in [-0.4, -0.2) is 61.1 Å². The van der Waals surface area contributed by atoms with Gasteiger partial charge in [-0.3, -0.25) is 14.4 Å². The molecule has 0 saturated carbocycles. The molecular formula is C33H35N3O7. The maximum absolute atomic E-state index is 13.1. The molecule has 0 saturated heterocycles. The average molecular weight is 586 g/mol. The van der Waals surface area contributed by atoms with Crippen molar-refractivity contribution in [2.24, 2.45) is 0 Å². The summed E-state index contributed by atoms with van der Waals surface area (Å²) < 4.78 is 10.4. The summed E-state index contributed by atoms with van der Waals surface area (Å²) in [6.45, 7) is 0.511. The van der Waals surface area contributed by atoms with Crippen LogP contribution in [0.15, 0.2) is 89.3 Å². The van der Waals surface area contributed by atoms with Crippen LogP contribution in [0.4, 0.5) is 0 Å². The highest BCUT2D eigenvalue weighted by atomic mass is 16.5. The van der Waals surface area contributed by atoms with Crippen LogP contribution in [0.5, 0.6) is 0 Å². The Balaban J connectivity index is 1.32. The van der Waals surface area contributed by atoms with Crippen molar-refractivity contribution in [3.05, 3.63) is 107 Å². The van der Waals surface area contributed by atoms with E-state index in [2.05, 4.69) is 16.0 Å². The molecule has 3 aromatic carbocycles. The number of rotatable bonds is 14. The number of ether oxygens (including phenoxy) is 1. The second-order valence-electron chi connectivity index (χ2n) is 10.0. The number of furan rings is 1. The van der Waals surface area contributed by atoms with Crippen molar-refractivity contribution < 1.29 is 33.4 Å². The first kappa shape index (κ1) is 31.0. The lowest BCUT2D eigenvalue weighted by molar-refractivity contribution is -0.129. The number of aliphatic hydroxyl groups is 1. The van der Waals surface area contributed by atoms with E-state index < -0.39 is 29.9 Å². The van der Waals surface area contributed by atoms with E-state index in [1.807, 2.05) is 42.5 Å². The van der Waals surface area contributed by atoms with Gasteiger partial charge in [0.2, 0.25) is 11.8 Å². The average Bonchev–Trinajstić information content (AvgIpc) is 3.47. The Bertz CT molecular complexity index is 1500. The quantitative estimate of drug-likeness (QED) is 0.131. The molecule has 0 aliphatic heterocycles. The van der Waals surface area contributed by atoms with Gasteiger partial charge in [0.1, 0.15) is 17.7 Å². The molecule has 1 aromatic heterocycles. The zero-order valence-corrected chi connectivity index (χ0v) is 23.9. The van der Waals surface area contributed by atoms with E-state index in [0.717, 1.165) is 16.5 Å². The minimum atomic E-state index is -1.20. The Kier molecular flexibility index (Phi) is 11.0. The summed E-state index contributed by atoms with van der Waals surface area (Å²) >= 11 is 0.